The van der Waals surface area contributed by atoms with Crippen molar-refractivity contribution in [1.82, 2.24) is 10.6 Å². The van der Waals surface area contributed by atoms with E-state index >= 15 is 0 Å². The molecule has 0 aliphatic heterocycles. The summed E-state index contributed by atoms with van der Waals surface area (Å²) in [5, 5.41) is 11.2. The topological polar surface area (TPSA) is 82.3 Å². The lowest BCUT2D eigenvalue weighted by Crippen LogP contribution is -2.51. The zero-order chi connectivity index (χ0) is 23.4. The van der Waals surface area contributed by atoms with E-state index < -0.39 is 23.7 Å². The number of nitrogens with one attached hydrogen (secondary N) is 4. The van der Waals surface area contributed by atoms with E-state index in [-0.39, 0.29) is 16.9 Å². The van der Waals surface area contributed by atoms with Crippen LogP contribution in [0.3, 0.4) is 0 Å². The van der Waals surface area contributed by atoms with Crippen LogP contribution in [-0.4, -0.2) is 24.6 Å². The quantitative estimate of drug-likeness (QED) is 0.492. The molecule has 1 aliphatic rings. The molecule has 0 bridgehead atoms. The van der Waals surface area contributed by atoms with Crippen LogP contribution in [-0.2, 0) is 0 Å². The first-order chi connectivity index (χ1) is 15.0. The number of hydrogen-bond donors (Lipinski definition) is 4. The Hall–Kier alpha value is -3.16. The third kappa shape index (κ3) is 6.93. The van der Waals surface area contributed by atoms with E-state index in [0.717, 1.165) is 12.8 Å². The second-order valence-electron chi connectivity index (χ2n) is 9.68. The van der Waals surface area contributed by atoms with Gasteiger partial charge in [-0.05, 0) is 66.5 Å². The van der Waals surface area contributed by atoms with Crippen molar-refractivity contribution >= 4 is 23.4 Å². The molecule has 2 atom stereocenters. The highest BCUT2D eigenvalue weighted by molar-refractivity contribution is 5.90. The van der Waals surface area contributed by atoms with Gasteiger partial charge in [0.05, 0.1) is 0 Å². The standard InChI is InChI=1S/C24H30F2N4O2/c1-23(2)12-20(30-22(32)29-19-9-5-7-17(26)11-19)13-24(3,14-23)15-27-21(31)28-18-8-4-6-16(25)10-18/h4-11,20H,12-15H2,1-3H3,(H2,27,28,31)(H2,29,30,32)/t20-,24+/m1/s1. The molecule has 1 aliphatic carbocycles. The Balaban J connectivity index is 1.57. The van der Waals surface area contributed by atoms with Gasteiger partial charge in [0, 0.05) is 24.0 Å². The van der Waals surface area contributed by atoms with Crippen molar-refractivity contribution in [3.8, 4) is 0 Å². The first-order valence-corrected chi connectivity index (χ1v) is 10.7. The minimum atomic E-state index is -0.422. The molecule has 32 heavy (non-hydrogen) atoms. The molecule has 2 aromatic rings. The van der Waals surface area contributed by atoms with Crippen LogP contribution in [0, 0.1) is 22.5 Å². The lowest BCUT2D eigenvalue weighted by molar-refractivity contribution is 0.0761. The molecular weight excluding hydrogens is 414 g/mol. The average molecular weight is 445 g/mol. The van der Waals surface area contributed by atoms with Crippen LogP contribution in [0.25, 0.3) is 0 Å². The van der Waals surface area contributed by atoms with Gasteiger partial charge >= 0.3 is 12.1 Å². The van der Waals surface area contributed by atoms with Gasteiger partial charge in [0.25, 0.3) is 0 Å². The summed E-state index contributed by atoms with van der Waals surface area (Å²) in [7, 11) is 0. The summed E-state index contributed by atoms with van der Waals surface area (Å²) in [4.78, 5) is 24.8. The highest BCUT2D eigenvalue weighted by Gasteiger charge is 2.41. The van der Waals surface area contributed by atoms with Crippen LogP contribution in [0.15, 0.2) is 48.5 Å². The van der Waals surface area contributed by atoms with Gasteiger partial charge in [-0.15, -0.1) is 0 Å². The largest absolute Gasteiger partial charge is 0.337 e. The second-order valence-corrected chi connectivity index (χ2v) is 9.68. The monoisotopic (exact) mass is 444 g/mol. The van der Waals surface area contributed by atoms with E-state index in [1.54, 1.807) is 12.1 Å². The van der Waals surface area contributed by atoms with Crippen molar-refractivity contribution in [3.05, 3.63) is 60.2 Å². The Morgan fingerprint density at radius 1 is 0.906 bits per heavy atom. The van der Waals surface area contributed by atoms with Gasteiger partial charge in [0.15, 0.2) is 0 Å². The number of benzene rings is 2. The smallest absolute Gasteiger partial charge is 0.319 e. The highest BCUT2D eigenvalue weighted by Crippen LogP contribution is 2.45. The fraction of sp³-hybridized carbons (Fsp3) is 0.417. The van der Waals surface area contributed by atoms with Crippen LogP contribution in [0.5, 0.6) is 0 Å². The molecule has 0 unspecified atom stereocenters. The minimum Gasteiger partial charge on any atom is -0.337 e. The molecule has 0 aromatic heterocycles. The number of anilines is 2. The maximum Gasteiger partial charge on any atom is 0.319 e. The van der Waals surface area contributed by atoms with E-state index in [0.29, 0.717) is 24.3 Å². The lowest BCUT2D eigenvalue weighted by Gasteiger charge is -2.46. The number of rotatable bonds is 5. The van der Waals surface area contributed by atoms with E-state index in [1.807, 2.05) is 0 Å². The van der Waals surface area contributed by atoms with Gasteiger partial charge in [-0.2, -0.15) is 0 Å². The molecule has 0 radical (unpaired) electrons. The molecule has 0 saturated heterocycles. The van der Waals surface area contributed by atoms with E-state index in [2.05, 4.69) is 42.0 Å². The van der Waals surface area contributed by atoms with Crippen molar-refractivity contribution in [2.24, 2.45) is 10.8 Å². The number of urea groups is 2. The summed E-state index contributed by atoms with van der Waals surface area (Å²) in [5.74, 6) is -0.842. The van der Waals surface area contributed by atoms with E-state index in [1.165, 1.54) is 36.4 Å². The zero-order valence-corrected chi connectivity index (χ0v) is 18.6. The molecule has 8 heteroatoms. The molecule has 1 fully saturated rings. The van der Waals surface area contributed by atoms with Crippen LogP contribution in [0.4, 0.5) is 29.7 Å². The average Bonchev–Trinajstić information content (AvgIpc) is 2.65. The zero-order valence-electron chi connectivity index (χ0n) is 18.6. The van der Waals surface area contributed by atoms with Crippen molar-refractivity contribution < 1.29 is 18.4 Å². The van der Waals surface area contributed by atoms with Gasteiger partial charge in [-0.25, -0.2) is 18.4 Å². The maximum atomic E-state index is 13.4. The number of carbonyl (C=O) groups is 2. The van der Waals surface area contributed by atoms with Crippen molar-refractivity contribution in [3.63, 3.8) is 0 Å². The molecule has 0 spiro atoms. The highest BCUT2D eigenvalue weighted by atomic mass is 19.1. The predicted molar refractivity (Wildman–Crippen MR) is 122 cm³/mol. The molecule has 172 valence electrons. The third-order valence-electron chi connectivity index (χ3n) is 5.62. The number of amides is 4. The fourth-order valence-electron chi connectivity index (χ4n) is 4.82. The number of halogens is 2. The summed E-state index contributed by atoms with van der Waals surface area (Å²) >= 11 is 0. The van der Waals surface area contributed by atoms with Gasteiger partial charge in [0.1, 0.15) is 11.6 Å². The summed E-state index contributed by atoms with van der Waals surface area (Å²) in [6.45, 7) is 6.75. The van der Waals surface area contributed by atoms with Crippen molar-refractivity contribution in [2.75, 3.05) is 17.2 Å². The van der Waals surface area contributed by atoms with Crippen LogP contribution in [0.2, 0.25) is 0 Å². The molecule has 2 aromatic carbocycles. The molecule has 4 amide bonds. The lowest BCUT2D eigenvalue weighted by atomic mass is 9.62. The maximum absolute atomic E-state index is 13.4. The Labute approximate surface area is 187 Å². The Morgan fingerprint density at radius 2 is 1.47 bits per heavy atom. The Kier molecular flexibility index (Phi) is 7.01. The minimum absolute atomic E-state index is 0.0511. The van der Waals surface area contributed by atoms with Crippen molar-refractivity contribution in [1.29, 1.82) is 0 Å². The van der Waals surface area contributed by atoms with E-state index in [9.17, 15) is 18.4 Å². The molecular formula is C24H30F2N4O2. The summed E-state index contributed by atoms with van der Waals surface area (Å²) in [5.41, 5.74) is 0.462. The fourth-order valence-corrected chi connectivity index (χ4v) is 4.82. The van der Waals surface area contributed by atoms with E-state index in [4.69, 9.17) is 0 Å². The van der Waals surface area contributed by atoms with Gasteiger partial charge in [-0.3, -0.25) is 0 Å². The number of hydrogen-bond acceptors (Lipinski definition) is 2. The van der Waals surface area contributed by atoms with Gasteiger partial charge in [0.2, 0.25) is 0 Å². The summed E-state index contributed by atoms with van der Waals surface area (Å²) in [6.07, 6.45) is 2.33. The SMILES string of the molecule is CC1(C)C[C@@H](NC(=O)Nc2cccc(F)c2)C[C@](C)(CNC(=O)Nc2cccc(F)c2)C1. The van der Waals surface area contributed by atoms with Gasteiger partial charge in [-0.1, -0.05) is 32.9 Å². The molecule has 1 saturated carbocycles. The third-order valence-corrected chi connectivity index (χ3v) is 5.62. The van der Waals surface area contributed by atoms with Crippen LogP contribution < -0.4 is 21.3 Å². The summed E-state index contributed by atoms with van der Waals surface area (Å²) < 4.78 is 26.7. The molecule has 0 heterocycles. The Morgan fingerprint density at radius 3 is 2.03 bits per heavy atom. The first kappa shape index (κ1) is 23.5. The molecule has 3 rings (SSSR count). The summed E-state index contributed by atoms with van der Waals surface area (Å²) in [6, 6.07) is 10.5. The predicted octanol–water partition coefficient (Wildman–Crippen LogP) is 5.49. The van der Waals surface area contributed by atoms with Crippen LogP contribution in [0.1, 0.15) is 40.0 Å². The Bertz CT molecular complexity index is 982. The van der Waals surface area contributed by atoms with Crippen LogP contribution >= 0.6 is 0 Å². The van der Waals surface area contributed by atoms with Crippen molar-refractivity contribution in [2.45, 2.75) is 46.1 Å². The normalized spacial score (nSPS) is 22.0. The van der Waals surface area contributed by atoms with Gasteiger partial charge < -0.3 is 21.3 Å². The first-order valence-electron chi connectivity index (χ1n) is 10.7. The second kappa shape index (κ2) is 9.54. The molecule has 6 nitrogen and oxygen atoms in total. The molecule has 4 N–H and O–H groups in total. The number of carbonyl (C=O) groups excluding carboxylic acids is 2.